The Labute approximate surface area is 161 Å². The maximum absolute atomic E-state index is 12.4. The number of rotatable bonds is 3. The molecule has 6 nitrogen and oxygen atoms in total. The Morgan fingerprint density at radius 3 is 2.70 bits per heavy atom. The molecule has 140 valence electrons. The number of carbonyl (C=O) groups excluding carboxylic acids is 2. The van der Waals surface area contributed by atoms with Gasteiger partial charge in [0.2, 0.25) is 0 Å². The van der Waals surface area contributed by atoms with Crippen molar-refractivity contribution in [2.24, 2.45) is 0 Å². The minimum Gasteiger partial charge on any atom is -0.329 e. The predicted octanol–water partition coefficient (Wildman–Crippen LogP) is 3.38. The van der Waals surface area contributed by atoms with Crippen LogP contribution in [0.3, 0.4) is 0 Å². The van der Waals surface area contributed by atoms with Gasteiger partial charge in [-0.2, -0.15) is 0 Å². The first kappa shape index (κ1) is 17.7. The zero-order valence-corrected chi connectivity index (χ0v) is 16.3. The summed E-state index contributed by atoms with van der Waals surface area (Å²) in [6.07, 6.45) is 4.44. The number of thiophene rings is 1. The molecule has 27 heavy (non-hydrogen) atoms. The van der Waals surface area contributed by atoms with Crippen LogP contribution in [0.2, 0.25) is 0 Å². The minimum absolute atomic E-state index is 0.269. The van der Waals surface area contributed by atoms with Crippen molar-refractivity contribution in [3.05, 3.63) is 51.0 Å². The number of aryl methyl sites for hydroxylation is 4. The lowest BCUT2D eigenvalue weighted by Gasteiger charge is -2.08. The number of hydrogen-bond acceptors (Lipinski definition) is 4. The maximum Gasteiger partial charge on any atom is 0.279 e. The van der Waals surface area contributed by atoms with E-state index < -0.39 is 0 Å². The van der Waals surface area contributed by atoms with E-state index in [0.29, 0.717) is 10.4 Å². The monoisotopic (exact) mass is 382 g/mol. The third-order valence-electron chi connectivity index (χ3n) is 5.03. The number of fused-ring (bicyclic) bond motifs is 2. The Morgan fingerprint density at radius 2 is 1.93 bits per heavy atom. The fourth-order valence-electron chi connectivity index (χ4n) is 3.64. The summed E-state index contributed by atoms with van der Waals surface area (Å²) in [4.78, 5) is 31.2. The number of aromatic nitrogens is 2. The van der Waals surface area contributed by atoms with Crippen LogP contribution in [-0.4, -0.2) is 21.4 Å². The number of hydrogen-bond donors (Lipinski definition) is 2. The van der Waals surface area contributed by atoms with E-state index in [0.717, 1.165) is 36.2 Å². The summed E-state index contributed by atoms with van der Waals surface area (Å²) < 4.78 is 2.09. The van der Waals surface area contributed by atoms with Crippen molar-refractivity contribution in [2.45, 2.75) is 46.1 Å². The van der Waals surface area contributed by atoms with E-state index in [1.54, 1.807) is 12.1 Å². The number of nitrogens with one attached hydrogen (secondary N) is 2. The first-order valence-corrected chi connectivity index (χ1v) is 10.1. The number of carbonyl (C=O) groups is 2. The molecule has 0 saturated heterocycles. The Bertz CT molecular complexity index is 1010. The van der Waals surface area contributed by atoms with Gasteiger partial charge in [-0.05, 0) is 69.4 Å². The molecule has 3 aromatic rings. The number of hydrazine groups is 1. The van der Waals surface area contributed by atoms with Crippen molar-refractivity contribution in [1.29, 1.82) is 0 Å². The predicted molar refractivity (Wildman–Crippen MR) is 106 cm³/mol. The third kappa shape index (κ3) is 3.35. The van der Waals surface area contributed by atoms with E-state index in [2.05, 4.69) is 27.3 Å². The molecule has 2 heterocycles. The van der Waals surface area contributed by atoms with Crippen LogP contribution in [0.15, 0.2) is 24.3 Å². The van der Waals surface area contributed by atoms with Crippen molar-refractivity contribution in [2.75, 3.05) is 0 Å². The van der Waals surface area contributed by atoms with E-state index in [-0.39, 0.29) is 11.8 Å². The van der Waals surface area contributed by atoms with E-state index in [1.807, 2.05) is 19.1 Å². The quantitative estimate of drug-likeness (QED) is 0.682. The molecule has 2 aromatic heterocycles. The molecule has 0 atom stereocenters. The van der Waals surface area contributed by atoms with Gasteiger partial charge in [-0.15, -0.1) is 11.3 Å². The molecule has 4 rings (SSSR count). The average molecular weight is 382 g/mol. The number of nitrogens with zero attached hydrogens (tertiary/aromatic N) is 2. The molecule has 2 N–H and O–H groups in total. The van der Waals surface area contributed by atoms with Gasteiger partial charge in [0.25, 0.3) is 11.8 Å². The Kier molecular flexibility index (Phi) is 4.70. The topological polar surface area (TPSA) is 76.0 Å². The highest BCUT2D eigenvalue weighted by Crippen LogP contribution is 2.29. The molecule has 0 radical (unpaired) electrons. The summed E-state index contributed by atoms with van der Waals surface area (Å²) in [5, 5.41) is 0. The molecule has 0 spiro atoms. The lowest BCUT2D eigenvalue weighted by molar-refractivity contribution is 0.0849. The van der Waals surface area contributed by atoms with Gasteiger partial charge in [0.05, 0.1) is 15.9 Å². The van der Waals surface area contributed by atoms with Crippen LogP contribution in [0.4, 0.5) is 0 Å². The summed E-state index contributed by atoms with van der Waals surface area (Å²) in [6, 6.07) is 7.34. The number of imidazole rings is 1. The summed E-state index contributed by atoms with van der Waals surface area (Å²) in [7, 11) is 0. The second kappa shape index (κ2) is 7.15. The molecule has 0 fully saturated rings. The second-order valence-corrected chi connectivity index (χ2v) is 7.92. The maximum atomic E-state index is 12.4. The van der Waals surface area contributed by atoms with Gasteiger partial charge >= 0.3 is 0 Å². The highest BCUT2D eigenvalue weighted by Gasteiger charge is 2.18. The molecule has 0 bridgehead atoms. The summed E-state index contributed by atoms with van der Waals surface area (Å²) in [6.45, 7) is 4.84. The third-order valence-corrected chi connectivity index (χ3v) is 6.26. The zero-order valence-electron chi connectivity index (χ0n) is 15.5. The molecule has 1 aliphatic rings. The van der Waals surface area contributed by atoms with Gasteiger partial charge in [-0.25, -0.2) is 4.98 Å². The molecular formula is C20H22N4O2S. The van der Waals surface area contributed by atoms with E-state index in [1.165, 1.54) is 34.6 Å². The molecule has 2 amide bonds. The second-order valence-electron chi connectivity index (χ2n) is 6.78. The fraction of sp³-hybridized carbons (Fsp3) is 0.350. The van der Waals surface area contributed by atoms with Crippen LogP contribution in [0.1, 0.15) is 56.1 Å². The van der Waals surface area contributed by atoms with Crippen LogP contribution in [0.25, 0.3) is 11.0 Å². The normalized spacial score (nSPS) is 13.4. The van der Waals surface area contributed by atoms with Crippen molar-refractivity contribution in [3.8, 4) is 0 Å². The zero-order chi connectivity index (χ0) is 19.0. The van der Waals surface area contributed by atoms with Gasteiger partial charge in [-0.3, -0.25) is 20.4 Å². The molecule has 0 unspecified atom stereocenters. The summed E-state index contributed by atoms with van der Waals surface area (Å²) >= 11 is 1.52. The molecule has 7 heteroatoms. The Morgan fingerprint density at radius 1 is 1.15 bits per heavy atom. The molecular weight excluding hydrogens is 360 g/mol. The minimum atomic E-state index is -0.352. The van der Waals surface area contributed by atoms with Crippen LogP contribution in [0.5, 0.6) is 0 Å². The molecule has 0 aliphatic heterocycles. The lowest BCUT2D eigenvalue weighted by Crippen LogP contribution is -2.41. The Balaban J connectivity index is 1.45. The standard InChI is InChI=1S/C20H22N4O2S/c1-3-24-12(2)21-15-10-14(8-9-16(15)24)19(25)22-23-20(26)18-11-13-6-4-5-7-17(13)27-18/h8-11H,3-7H2,1-2H3,(H,22,25)(H,23,26). The summed E-state index contributed by atoms with van der Waals surface area (Å²) in [5.74, 6) is 0.297. The largest absolute Gasteiger partial charge is 0.329 e. The molecule has 0 saturated carbocycles. The highest BCUT2D eigenvalue weighted by atomic mass is 32.1. The van der Waals surface area contributed by atoms with E-state index >= 15 is 0 Å². The first-order valence-electron chi connectivity index (χ1n) is 9.26. The van der Waals surface area contributed by atoms with Crippen molar-refractivity contribution in [1.82, 2.24) is 20.4 Å². The van der Waals surface area contributed by atoms with E-state index in [9.17, 15) is 9.59 Å². The van der Waals surface area contributed by atoms with Crippen molar-refractivity contribution in [3.63, 3.8) is 0 Å². The van der Waals surface area contributed by atoms with Crippen LogP contribution in [-0.2, 0) is 19.4 Å². The van der Waals surface area contributed by atoms with Crippen LogP contribution in [0, 0.1) is 6.92 Å². The van der Waals surface area contributed by atoms with Gasteiger partial charge in [0.15, 0.2) is 0 Å². The van der Waals surface area contributed by atoms with E-state index in [4.69, 9.17) is 0 Å². The Hall–Kier alpha value is -2.67. The van der Waals surface area contributed by atoms with Gasteiger partial charge in [0, 0.05) is 17.0 Å². The lowest BCUT2D eigenvalue weighted by atomic mass is 9.99. The van der Waals surface area contributed by atoms with Gasteiger partial charge in [-0.1, -0.05) is 0 Å². The molecule has 1 aromatic carbocycles. The van der Waals surface area contributed by atoms with Crippen molar-refractivity contribution < 1.29 is 9.59 Å². The average Bonchev–Trinajstić information content (AvgIpc) is 3.24. The molecule has 1 aliphatic carbocycles. The van der Waals surface area contributed by atoms with Gasteiger partial charge in [0.1, 0.15) is 5.82 Å². The first-order chi connectivity index (χ1) is 13.1. The number of benzene rings is 1. The van der Waals surface area contributed by atoms with Gasteiger partial charge < -0.3 is 4.57 Å². The van der Waals surface area contributed by atoms with Crippen LogP contribution >= 0.6 is 11.3 Å². The fourth-order valence-corrected chi connectivity index (χ4v) is 4.79. The van der Waals surface area contributed by atoms with Crippen LogP contribution < -0.4 is 10.9 Å². The SMILES string of the molecule is CCn1c(C)nc2cc(C(=O)NNC(=O)c3cc4c(s3)CCCC4)ccc21. The number of amides is 2. The smallest absolute Gasteiger partial charge is 0.279 e. The van der Waals surface area contributed by atoms with Crippen molar-refractivity contribution >= 4 is 34.2 Å². The highest BCUT2D eigenvalue weighted by molar-refractivity contribution is 7.14. The summed E-state index contributed by atoms with van der Waals surface area (Å²) in [5.41, 5.74) is 8.56.